The molecule has 0 amide bonds. The Morgan fingerprint density at radius 1 is 1.26 bits per heavy atom. The van der Waals surface area contributed by atoms with Gasteiger partial charge in [0.05, 0.1) is 11.0 Å². The molecule has 162 valence electrons. The molecule has 1 aromatic heterocycles. The van der Waals surface area contributed by atoms with Gasteiger partial charge in [0.15, 0.2) is 0 Å². The van der Waals surface area contributed by atoms with E-state index in [1.54, 1.807) is 6.07 Å². The van der Waals surface area contributed by atoms with Crippen molar-refractivity contribution < 1.29 is 22.8 Å². The number of aromatic nitrogens is 1. The van der Waals surface area contributed by atoms with Crippen molar-refractivity contribution in [1.29, 1.82) is 0 Å². The van der Waals surface area contributed by atoms with Gasteiger partial charge in [-0.2, -0.15) is 8.78 Å². The Kier molecular flexibility index (Phi) is 6.64. The number of anilines is 1. The second-order valence-corrected chi connectivity index (χ2v) is 7.28. The predicted octanol–water partition coefficient (Wildman–Crippen LogP) is 5.08. The van der Waals surface area contributed by atoms with Crippen LogP contribution in [0.3, 0.4) is 0 Å². The maximum atomic E-state index is 14.6. The summed E-state index contributed by atoms with van der Waals surface area (Å²) < 4.78 is 46.2. The van der Waals surface area contributed by atoms with Gasteiger partial charge in [0.2, 0.25) is 5.56 Å². The lowest BCUT2D eigenvalue weighted by Gasteiger charge is -2.15. The molecule has 11 heteroatoms. The number of halogens is 4. The van der Waals surface area contributed by atoms with E-state index in [-0.39, 0.29) is 29.1 Å². The maximum Gasteiger partial charge on any atom is 0.387 e. The first-order valence-corrected chi connectivity index (χ1v) is 9.57. The molecular weight excluding hydrogens is 483 g/mol. The maximum absolute atomic E-state index is 14.6. The Morgan fingerprint density at radius 3 is 2.65 bits per heavy atom. The molecule has 31 heavy (non-hydrogen) atoms. The summed E-state index contributed by atoms with van der Waals surface area (Å²) in [5.74, 6) is -0.960. The molecule has 3 aromatic rings. The summed E-state index contributed by atoms with van der Waals surface area (Å²) in [6.45, 7) is -3.17. The van der Waals surface area contributed by atoms with Crippen molar-refractivity contribution in [2.45, 2.75) is 13.2 Å². The molecule has 7 nitrogen and oxygen atoms in total. The fourth-order valence-electron chi connectivity index (χ4n) is 2.93. The molecule has 0 saturated carbocycles. The van der Waals surface area contributed by atoms with Crippen molar-refractivity contribution in [2.75, 3.05) is 5.32 Å². The van der Waals surface area contributed by atoms with Crippen LogP contribution in [0.4, 0.5) is 24.5 Å². The molecule has 0 bridgehead atoms. The molecule has 0 saturated heterocycles. The number of nitro benzene ring substituents is 1. The van der Waals surface area contributed by atoms with Gasteiger partial charge in [-0.05, 0) is 24.3 Å². The minimum Gasteiger partial charge on any atom is -0.434 e. The van der Waals surface area contributed by atoms with E-state index >= 15 is 0 Å². The predicted molar refractivity (Wildman–Crippen MR) is 112 cm³/mol. The molecule has 1 heterocycles. The summed E-state index contributed by atoms with van der Waals surface area (Å²) in [7, 11) is 1.49. The van der Waals surface area contributed by atoms with Crippen LogP contribution in [0, 0.1) is 15.9 Å². The molecule has 0 aliphatic heterocycles. The average molecular weight is 498 g/mol. The number of pyridine rings is 1. The molecule has 0 aliphatic rings. The Balaban J connectivity index is 2.02. The van der Waals surface area contributed by atoms with Crippen molar-refractivity contribution in [3.05, 3.63) is 85.0 Å². The highest BCUT2D eigenvalue weighted by atomic mass is 79.9. The minimum absolute atomic E-state index is 0.0277. The molecule has 0 spiro atoms. The Hall–Kier alpha value is -3.34. The second-order valence-electron chi connectivity index (χ2n) is 6.42. The van der Waals surface area contributed by atoms with Gasteiger partial charge in [-0.3, -0.25) is 14.9 Å². The highest BCUT2D eigenvalue weighted by molar-refractivity contribution is 9.10. The Bertz CT molecular complexity index is 1200. The van der Waals surface area contributed by atoms with Crippen LogP contribution in [0.2, 0.25) is 0 Å². The smallest absolute Gasteiger partial charge is 0.387 e. The molecule has 0 atom stereocenters. The highest BCUT2D eigenvalue weighted by Gasteiger charge is 2.21. The van der Waals surface area contributed by atoms with Crippen LogP contribution in [0.1, 0.15) is 5.56 Å². The molecule has 0 unspecified atom stereocenters. The van der Waals surface area contributed by atoms with E-state index in [2.05, 4.69) is 26.0 Å². The summed E-state index contributed by atoms with van der Waals surface area (Å²) in [6, 6.07) is 9.09. The van der Waals surface area contributed by atoms with E-state index in [1.165, 1.54) is 48.1 Å². The first kappa shape index (κ1) is 22.3. The fourth-order valence-corrected chi connectivity index (χ4v) is 3.42. The first-order chi connectivity index (χ1) is 14.7. The third kappa shape index (κ3) is 5.05. The van der Waals surface area contributed by atoms with E-state index in [4.69, 9.17) is 0 Å². The van der Waals surface area contributed by atoms with Crippen molar-refractivity contribution in [1.82, 2.24) is 4.57 Å². The zero-order valence-electron chi connectivity index (χ0n) is 15.9. The standard InChI is InChI=1S/C20H15BrF3N3O4/c1-26-10-11(5-6-19(26)28)12-7-16(17(27(29)30)8-15(12)22)25-9-13-14(21)3-2-4-18(13)31-20(23)24/h2-8,10,20,25H,9H2,1H3. The lowest BCUT2D eigenvalue weighted by molar-refractivity contribution is -0.384. The largest absolute Gasteiger partial charge is 0.434 e. The lowest BCUT2D eigenvalue weighted by Crippen LogP contribution is -2.14. The number of nitrogens with one attached hydrogen (secondary N) is 1. The van der Waals surface area contributed by atoms with E-state index in [0.717, 1.165) is 6.07 Å². The Labute approximate surface area is 182 Å². The van der Waals surface area contributed by atoms with Crippen LogP contribution in [-0.2, 0) is 13.6 Å². The Morgan fingerprint density at radius 2 is 2.00 bits per heavy atom. The number of ether oxygens (including phenoxy) is 1. The molecule has 1 N–H and O–H groups in total. The average Bonchev–Trinajstić information content (AvgIpc) is 2.69. The molecule has 0 radical (unpaired) electrons. The second kappa shape index (κ2) is 9.21. The van der Waals surface area contributed by atoms with Crippen LogP contribution in [0.25, 0.3) is 11.1 Å². The number of hydrogen-bond acceptors (Lipinski definition) is 5. The van der Waals surface area contributed by atoms with Gasteiger partial charge in [-0.15, -0.1) is 0 Å². The molecule has 2 aromatic carbocycles. The molecule has 0 aliphatic carbocycles. The number of alkyl halides is 2. The normalized spacial score (nSPS) is 10.9. The quantitative estimate of drug-likeness (QED) is 0.363. The topological polar surface area (TPSA) is 86.4 Å². The number of aryl methyl sites for hydroxylation is 1. The van der Waals surface area contributed by atoms with Gasteiger partial charge in [-0.25, -0.2) is 4.39 Å². The van der Waals surface area contributed by atoms with Crippen molar-refractivity contribution in [2.24, 2.45) is 7.05 Å². The van der Waals surface area contributed by atoms with Crippen molar-refractivity contribution in [3.8, 4) is 16.9 Å². The molecular formula is C20H15BrF3N3O4. The van der Waals surface area contributed by atoms with E-state index in [1.807, 2.05) is 0 Å². The lowest BCUT2D eigenvalue weighted by atomic mass is 10.0. The third-order valence-corrected chi connectivity index (χ3v) is 5.17. The van der Waals surface area contributed by atoms with Crippen LogP contribution in [0.15, 0.2) is 57.9 Å². The molecule has 3 rings (SSSR count). The van der Waals surface area contributed by atoms with Gasteiger partial charge >= 0.3 is 6.61 Å². The van der Waals surface area contributed by atoms with Crippen LogP contribution in [-0.4, -0.2) is 16.1 Å². The van der Waals surface area contributed by atoms with Gasteiger partial charge < -0.3 is 14.6 Å². The SMILES string of the molecule is Cn1cc(-c2cc(NCc3c(Br)cccc3OC(F)F)c([N+](=O)[O-])cc2F)ccc1=O. The molecule has 0 fully saturated rings. The van der Waals surface area contributed by atoms with E-state index < -0.39 is 23.0 Å². The van der Waals surface area contributed by atoms with Crippen LogP contribution in [0.5, 0.6) is 5.75 Å². The van der Waals surface area contributed by atoms with Gasteiger partial charge in [0.25, 0.3) is 5.69 Å². The van der Waals surface area contributed by atoms with Gasteiger partial charge in [0, 0.05) is 47.0 Å². The number of nitro groups is 1. The number of rotatable bonds is 7. The zero-order chi connectivity index (χ0) is 22.7. The third-order valence-electron chi connectivity index (χ3n) is 4.43. The summed E-state index contributed by atoms with van der Waals surface area (Å²) in [5.41, 5.74) is -0.210. The van der Waals surface area contributed by atoms with E-state index in [0.29, 0.717) is 15.6 Å². The number of benzene rings is 2. The van der Waals surface area contributed by atoms with Crippen LogP contribution < -0.4 is 15.6 Å². The number of nitrogens with zero attached hydrogens (tertiary/aromatic N) is 2. The monoisotopic (exact) mass is 497 g/mol. The van der Waals surface area contributed by atoms with Gasteiger partial charge in [-0.1, -0.05) is 22.0 Å². The summed E-state index contributed by atoms with van der Waals surface area (Å²) in [6.07, 6.45) is 1.40. The first-order valence-electron chi connectivity index (χ1n) is 8.78. The van der Waals surface area contributed by atoms with Crippen molar-refractivity contribution in [3.63, 3.8) is 0 Å². The van der Waals surface area contributed by atoms with Gasteiger partial charge in [0.1, 0.15) is 17.3 Å². The zero-order valence-corrected chi connectivity index (χ0v) is 17.5. The van der Waals surface area contributed by atoms with E-state index in [9.17, 15) is 28.1 Å². The number of hydrogen-bond donors (Lipinski definition) is 1. The summed E-state index contributed by atoms with van der Waals surface area (Å²) in [5, 5.41) is 14.2. The van der Waals surface area contributed by atoms with Crippen LogP contribution >= 0.6 is 15.9 Å². The summed E-state index contributed by atoms with van der Waals surface area (Å²) >= 11 is 3.24. The van der Waals surface area contributed by atoms with Crippen molar-refractivity contribution >= 4 is 27.3 Å². The summed E-state index contributed by atoms with van der Waals surface area (Å²) in [4.78, 5) is 22.3. The highest BCUT2D eigenvalue weighted by Crippen LogP contribution is 2.35. The minimum atomic E-state index is -3.05. The fraction of sp³-hybridized carbons (Fsp3) is 0.150.